The molecule has 17 heavy (non-hydrogen) atoms. The molecule has 1 heterocycles. The molecule has 3 heteroatoms. The van der Waals surface area contributed by atoms with E-state index in [-0.39, 0.29) is 4.83 Å². The minimum atomic E-state index is 0.0268. The highest BCUT2D eigenvalue weighted by atomic mass is 79.9. The van der Waals surface area contributed by atoms with Crippen molar-refractivity contribution in [2.24, 2.45) is 0 Å². The summed E-state index contributed by atoms with van der Waals surface area (Å²) in [5.41, 5.74) is 2.31. The van der Waals surface area contributed by atoms with Crippen LogP contribution in [0, 0.1) is 6.92 Å². The van der Waals surface area contributed by atoms with Crippen LogP contribution in [0.25, 0.3) is 0 Å². The monoisotopic (exact) mass is 294 g/mol. The molecule has 0 N–H and O–H groups in total. The number of aryl methyl sites for hydroxylation is 1. The maximum atomic E-state index is 5.64. The zero-order valence-electron chi connectivity index (χ0n) is 9.94. The summed E-state index contributed by atoms with van der Waals surface area (Å²) in [6.07, 6.45) is 1.68. The Kier molecular flexibility index (Phi) is 3.89. The van der Waals surface area contributed by atoms with Crippen LogP contribution in [0.1, 0.15) is 28.6 Å². The Hall–Kier alpha value is -1.22. The highest BCUT2D eigenvalue weighted by Gasteiger charge is 2.17. The van der Waals surface area contributed by atoms with E-state index in [9.17, 15) is 0 Å². The van der Waals surface area contributed by atoms with E-state index in [4.69, 9.17) is 9.15 Å². The van der Waals surface area contributed by atoms with Crippen LogP contribution in [0.5, 0.6) is 5.75 Å². The van der Waals surface area contributed by atoms with Crippen LogP contribution in [-0.4, -0.2) is 6.61 Å². The van der Waals surface area contributed by atoms with Gasteiger partial charge >= 0.3 is 0 Å². The molecule has 0 spiro atoms. The van der Waals surface area contributed by atoms with Crippen molar-refractivity contribution in [1.82, 2.24) is 0 Å². The molecular formula is C14H15BrO2. The van der Waals surface area contributed by atoms with Gasteiger partial charge < -0.3 is 9.15 Å². The molecule has 2 nitrogen and oxygen atoms in total. The Morgan fingerprint density at radius 2 is 2.18 bits per heavy atom. The van der Waals surface area contributed by atoms with Gasteiger partial charge in [0.25, 0.3) is 0 Å². The second-order valence-electron chi connectivity index (χ2n) is 3.85. The number of hydrogen-bond donors (Lipinski definition) is 0. The predicted molar refractivity (Wildman–Crippen MR) is 71.8 cm³/mol. The third-order valence-corrected chi connectivity index (χ3v) is 3.48. The fourth-order valence-electron chi connectivity index (χ4n) is 1.74. The lowest BCUT2D eigenvalue weighted by Crippen LogP contribution is -1.99. The zero-order chi connectivity index (χ0) is 12.3. The number of benzene rings is 1. The molecular weight excluding hydrogens is 280 g/mol. The van der Waals surface area contributed by atoms with E-state index >= 15 is 0 Å². The Morgan fingerprint density at radius 1 is 1.35 bits per heavy atom. The summed E-state index contributed by atoms with van der Waals surface area (Å²) in [5.74, 6) is 1.79. The molecule has 0 aliphatic rings. The van der Waals surface area contributed by atoms with Gasteiger partial charge in [0.2, 0.25) is 0 Å². The fourth-order valence-corrected chi connectivity index (χ4v) is 2.36. The SMILES string of the molecule is CCOc1ccc(C)cc1C(Br)c1ccco1. The summed E-state index contributed by atoms with van der Waals surface area (Å²) in [6, 6.07) is 10.0. The smallest absolute Gasteiger partial charge is 0.124 e. The van der Waals surface area contributed by atoms with Crippen molar-refractivity contribution in [2.75, 3.05) is 6.61 Å². The van der Waals surface area contributed by atoms with Crippen LogP contribution >= 0.6 is 15.9 Å². The first-order valence-corrected chi connectivity index (χ1v) is 6.54. The number of alkyl halides is 1. The number of rotatable bonds is 4. The summed E-state index contributed by atoms with van der Waals surface area (Å²) >= 11 is 3.65. The molecule has 90 valence electrons. The van der Waals surface area contributed by atoms with E-state index in [0.717, 1.165) is 17.1 Å². The third kappa shape index (κ3) is 2.72. The Balaban J connectivity index is 2.38. The lowest BCUT2D eigenvalue weighted by atomic mass is 10.1. The van der Waals surface area contributed by atoms with Crippen LogP contribution in [0.2, 0.25) is 0 Å². The van der Waals surface area contributed by atoms with E-state index in [1.54, 1.807) is 6.26 Å². The van der Waals surface area contributed by atoms with Crippen molar-refractivity contribution in [3.63, 3.8) is 0 Å². The second-order valence-corrected chi connectivity index (χ2v) is 4.77. The van der Waals surface area contributed by atoms with Crippen LogP contribution in [0.4, 0.5) is 0 Å². The molecule has 0 amide bonds. The highest BCUT2D eigenvalue weighted by molar-refractivity contribution is 9.09. The maximum absolute atomic E-state index is 5.64. The molecule has 0 saturated heterocycles. The van der Waals surface area contributed by atoms with Crippen molar-refractivity contribution in [3.8, 4) is 5.75 Å². The molecule has 0 bridgehead atoms. The molecule has 0 saturated carbocycles. The second kappa shape index (κ2) is 5.41. The molecule has 0 aliphatic heterocycles. The van der Waals surface area contributed by atoms with E-state index in [2.05, 4.69) is 35.0 Å². The molecule has 0 aliphatic carbocycles. The summed E-state index contributed by atoms with van der Waals surface area (Å²) in [4.78, 5) is 0.0268. The lowest BCUT2D eigenvalue weighted by Gasteiger charge is -2.14. The first-order chi connectivity index (χ1) is 8.22. The molecule has 1 atom stereocenters. The molecule has 1 aromatic heterocycles. The van der Waals surface area contributed by atoms with Gasteiger partial charge in [0, 0.05) is 5.56 Å². The Bertz CT molecular complexity index is 477. The van der Waals surface area contributed by atoms with Crippen molar-refractivity contribution < 1.29 is 9.15 Å². The number of hydrogen-bond acceptors (Lipinski definition) is 2. The van der Waals surface area contributed by atoms with E-state index in [1.165, 1.54) is 5.56 Å². The molecule has 2 aromatic rings. The van der Waals surface area contributed by atoms with Crippen molar-refractivity contribution in [2.45, 2.75) is 18.7 Å². The average Bonchev–Trinajstić information content (AvgIpc) is 2.84. The van der Waals surface area contributed by atoms with E-state index < -0.39 is 0 Å². The molecule has 0 fully saturated rings. The zero-order valence-corrected chi connectivity index (χ0v) is 11.5. The minimum absolute atomic E-state index is 0.0268. The Morgan fingerprint density at radius 3 is 2.82 bits per heavy atom. The minimum Gasteiger partial charge on any atom is -0.494 e. The highest BCUT2D eigenvalue weighted by Crippen LogP contribution is 2.37. The molecule has 0 radical (unpaired) electrons. The molecule has 1 unspecified atom stereocenters. The van der Waals surface area contributed by atoms with Gasteiger partial charge in [0.1, 0.15) is 16.3 Å². The Labute approximate surface area is 110 Å². The standard InChI is InChI=1S/C14H15BrO2/c1-3-16-12-7-6-10(2)9-11(12)14(15)13-5-4-8-17-13/h4-9,14H,3H2,1-2H3. The maximum Gasteiger partial charge on any atom is 0.124 e. The quantitative estimate of drug-likeness (QED) is 0.776. The van der Waals surface area contributed by atoms with Gasteiger partial charge in [-0.05, 0) is 32.0 Å². The van der Waals surface area contributed by atoms with Gasteiger partial charge in [-0.15, -0.1) is 0 Å². The molecule has 1 aromatic carbocycles. The first-order valence-electron chi connectivity index (χ1n) is 5.63. The average molecular weight is 295 g/mol. The summed E-state index contributed by atoms with van der Waals surface area (Å²) in [6.45, 7) is 4.72. The third-order valence-electron chi connectivity index (χ3n) is 2.53. The lowest BCUT2D eigenvalue weighted by molar-refractivity contribution is 0.336. The number of halogens is 1. The summed E-state index contributed by atoms with van der Waals surface area (Å²) in [5, 5.41) is 0. The van der Waals surface area contributed by atoms with Crippen LogP contribution in [0.3, 0.4) is 0 Å². The van der Waals surface area contributed by atoms with Gasteiger partial charge in [-0.3, -0.25) is 0 Å². The van der Waals surface area contributed by atoms with Gasteiger partial charge in [-0.25, -0.2) is 0 Å². The van der Waals surface area contributed by atoms with E-state index in [1.807, 2.05) is 25.1 Å². The normalized spacial score (nSPS) is 12.4. The van der Waals surface area contributed by atoms with Crippen molar-refractivity contribution >= 4 is 15.9 Å². The van der Waals surface area contributed by atoms with Gasteiger partial charge in [0.15, 0.2) is 0 Å². The number of ether oxygens (including phenoxy) is 1. The largest absolute Gasteiger partial charge is 0.494 e. The van der Waals surface area contributed by atoms with Gasteiger partial charge in [0.05, 0.1) is 12.9 Å². The topological polar surface area (TPSA) is 22.4 Å². The first kappa shape index (κ1) is 12.2. The van der Waals surface area contributed by atoms with Crippen molar-refractivity contribution in [1.29, 1.82) is 0 Å². The van der Waals surface area contributed by atoms with Crippen LogP contribution in [-0.2, 0) is 0 Å². The predicted octanol–water partition coefficient (Wildman–Crippen LogP) is 4.47. The van der Waals surface area contributed by atoms with Crippen LogP contribution in [0.15, 0.2) is 41.0 Å². The molecule has 2 rings (SSSR count). The fraction of sp³-hybridized carbons (Fsp3) is 0.286. The number of furan rings is 1. The summed E-state index contributed by atoms with van der Waals surface area (Å²) in [7, 11) is 0. The van der Waals surface area contributed by atoms with Crippen LogP contribution < -0.4 is 4.74 Å². The van der Waals surface area contributed by atoms with Gasteiger partial charge in [-0.2, -0.15) is 0 Å². The van der Waals surface area contributed by atoms with Gasteiger partial charge in [-0.1, -0.05) is 33.6 Å². The van der Waals surface area contributed by atoms with Crippen molar-refractivity contribution in [3.05, 3.63) is 53.5 Å². The van der Waals surface area contributed by atoms with E-state index in [0.29, 0.717) is 6.61 Å². The summed E-state index contributed by atoms with van der Waals surface area (Å²) < 4.78 is 11.1.